The van der Waals surface area contributed by atoms with Crippen LogP contribution in [0.4, 0.5) is 0 Å². The van der Waals surface area contributed by atoms with Gasteiger partial charge in [0.05, 0.1) is 26.4 Å². The molecule has 1 aromatic rings. The molecular formula is C12H23N3O2. The van der Waals surface area contributed by atoms with Gasteiger partial charge in [0, 0.05) is 26.0 Å². The lowest BCUT2D eigenvalue weighted by Gasteiger charge is -2.09. The maximum absolute atomic E-state index is 5.43. The van der Waals surface area contributed by atoms with E-state index in [1.54, 1.807) is 7.11 Å². The number of nitrogens with one attached hydrogen (secondary N) is 1. The highest BCUT2D eigenvalue weighted by Gasteiger charge is 2.01. The van der Waals surface area contributed by atoms with E-state index in [0.717, 1.165) is 31.9 Å². The standard InChI is InChI=1S/C12H23N3O2/c1-3-4-13-11-12-14-5-6-15(12)7-8-17-10-9-16-2/h5-6,13H,3-4,7-11H2,1-2H3. The van der Waals surface area contributed by atoms with Crippen molar-refractivity contribution < 1.29 is 9.47 Å². The summed E-state index contributed by atoms with van der Waals surface area (Å²) in [6.45, 7) is 6.83. The average molecular weight is 241 g/mol. The van der Waals surface area contributed by atoms with Crippen LogP contribution in [0.2, 0.25) is 0 Å². The van der Waals surface area contributed by atoms with Crippen LogP contribution in [0.15, 0.2) is 12.4 Å². The number of rotatable bonds is 10. The fourth-order valence-corrected chi connectivity index (χ4v) is 1.50. The Kier molecular flexibility index (Phi) is 7.62. The van der Waals surface area contributed by atoms with Crippen LogP contribution in [-0.2, 0) is 22.6 Å². The molecule has 0 aromatic carbocycles. The Morgan fingerprint density at radius 3 is 3.00 bits per heavy atom. The monoisotopic (exact) mass is 241 g/mol. The first-order valence-electron chi connectivity index (χ1n) is 6.16. The number of hydrogen-bond donors (Lipinski definition) is 1. The normalized spacial score (nSPS) is 10.9. The minimum absolute atomic E-state index is 0.647. The number of hydrogen-bond acceptors (Lipinski definition) is 4. The molecule has 98 valence electrons. The molecule has 0 aliphatic rings. The first kappa shape index (κ1) is 14.2. The maximum atomic E-state index is 5.43. The highest BCUT2D eigenvalue weighted by molar-refractivity contribution is 4.91. The Bertz CT molecular complexity index is 289. The molecule has 0 spiro atoms. The van der Waals surface area contributed by atoms with E-state index in [2.05, 4.69) is 21.8 Å². The van der Waals surface area contributed by atoms with Crippen molar-refractivity contribution in [2.75, 3.05) is 33.5 Å². The van der Waals surface area contributed by atoms with Crippen molar-refractivity contribution in [3.05, 3.63) is 18.2 Å². The van der Waals surface area contributed by atoms with E-state index in [1.165, 1.54) is 0 Å². The van der Waals surface area contributed by atoms with E-state index in [0.29, 0.717) is 19.8 Å². The number of nitrogens with zero attached hydrogens (tertiary/aromatic N) is 2. The van der Waals surface area contributed by atoms with Crippen molar-refractivity contribution >= 4 is 0 Å². The van der Waals surface area contributed by atoms with Crippen LogP contribution in [0.25, 0.3) is 0 Å². The van der Waals surface area contributed by atoms with Gasteiger partial charge >= 0.3 is 0 Å². The molecular weight excluding hydrogens is 218 g/mol. The van der Waals surface area contributed by atoms with E-state index >= 15 is 0 Å². The summed E-state index contributed by atoms with van der Waals surface area (Å²) in [5.41, 5.74) is 0. The van der Waals surface area contributed by atoms with E-state index in [1.807, 2.05) is 12.4 Å². The van der Waals surface area contributed by atoms with Gasteiger partial charge in [-0.05, 0) is 13.0 Å². The van der Waals surface area contributed by atoms with Gasteiger partial charge in [-0.2, -0.15) is 0 Å². The minimum Gasteiger partial charge on any atom is -0.382 e. The van der Waals surface area contributed by atoms with E-state index in [4.69, 9.17) is 9.47 Å². The van der Waals surface area contributed by atoms with E-state index in [9.17, 15) is 0 Å². The molecule has 0 unspecified atom stereocenters. The van der Waals surface area contributed by atoms with E-state index in [-0.39, 0.29) is 0 Å². The molecule has 0 saturated carbocycles. The third-order valence-electron chi connectivity index (χ3n) is 2.42. The molecule has 1 rings (SSSR count). The van der Waals surface area contributed by atoms with Crippen molar-refractivity contribution in [3.8, 4) is 0 Å². The Balaban J connectivity index is 2.20. The predicted octanol–water partition coefficient (Wildman–Crippen LogP) is 1.05. The molecule has 1 heterocycles. The molecule has 0 bridgehead atoms. The summed E-state index contributed by atoms with van der Waals surface area (Å²) < 4.78 is 12.5. The van der Waals surface area contributed by atoms with Gasteiger partial charge in [-0.15, -0.1) is 0 Å². The molecule has 0 amide bonds. The summed E-state index contributed by atoms with van der Waals surface area (Å²) in [6, 6.07) is 0. The topological polar surface area (TPSA) is 48.3 Å². The van der Waals surface area contributed by atoms with Crippen LogP contribution in [0, 0.1) is 0 Å². The number of ether oxygens (including phenoxy) is 2. The largest absolute Gasteiger partial charge is 0.382 e. The number of methoxy groups -OCH3 is 1. The lowest BCUT2D eigenvalue weighted by Crippen LogP contribution is -2.19. The predicted molar refractivity (Wildman–Crippen MR) is 66.9 cm³/mol. The maximum Gasteiger partial charge on any atom is 0.122 e. The van der Waals surface area contributed by atoms with Gasteiger partial charge in [0.15, 0.2) is 0 Å². The first-order chi connectivity index (χ1) is 8.38. The minimum atomic E-state index is 0.647. The zero-order valence-corrected chi connectivity index (χ0v) is 10.8. The molecule has 0 atom stereocenters. The quantitative estimate of drug-likeness (QED) is 0.622. The van der Waals surface area contributed by atoms with Gasteiger partial charge < -0.3 is 19.4 Å². The zero-order valence-electron chi connectivity index (χ0n) is 10.8. The Hall–Kier alpha value is -0.910. The number of imidazole rings is 1. The number of aromatic nitrogens is 2. The van der Waals surface area contributed by atoms with Crippen LogP contribution in [0.1, 0.15) is 19.2 Å². The molecule has 0 aliphatic heterocycles. The highest BCUT2D eigenvalue weighted by Crippen LogP contribution is 1.97. The van der Waals surface area contributed by atoms with Crippen LogP contribution in [0.3, 0.4) is 0 Å². The summed E-state index contributed by atoms with van der Waals surface area (Å²) in [4.78, 5) is 4.32. The molecule has 0 aliphatic carbocycles. The Morgan fingerprint density at radius 1 is 1.35 bits per heavy atom. The van der Waals surface area contributed by atoms with Gasteiger partial charge in [-0.1, -0.05) is 6.92 Å². The fraction of sp³-hybridized carbons (Fsp3) is 0.750. The molecule has 5 nitrogen and oxygen atoms in total. The molecule has 1 aromatic heterocycles. The summed E-state index contributed by atoms with van der Waals surface area (Å²) in [6.07, 6.45) is 4.96. The fourth-order valence-electron chi connectivity index (χ4n) is 1.50. The molecule has 0 saturated heterocycles. The van der Waals surface area contributed by atoms with Gasteiger partial charge in [0.1, 0.15) is 5.82 Å². The molecule has 0 radical (unpaired) electrons. The summed E-state index contributed by atoms with van der Waals surface area (Å²) >= 11 is 0. The Labute approximate surface area is 103 Å². The average Bonchev–Trinajstić information content (AvgIpc) is 2.77. The Morgan fingerprint density at radius 2 is 2.24 bits per heavy atom. The van der Waals surface area contributed by atoms with Crippen molar-refractivity contribution in [1.82, 2.24) is 14.9 Å². The SMILES string of the molecule is CCCNCc1nccn1CCOCCOC. The summed E-state index contributed by atoms with van der Waals surface area (Å²) in [7, 11) is 1.68. The van der Waals surface area contributed by atoms with Crippen LogP contribution < -0.4 is 5.32 Å². The van der Waals surface area contributed by atoms with Gasteiger partial charge in [0.2, 0.25) is 0 Å². The van der Waals surface area contributed by atoms with Crippen LogP contribution in [0.5, 0.6) is 0 Å². The van der Waals surface area contributed by atoms with Crippen molar-refractivity contribution in [2.45, 2.75) is 26.4 Å². The summed E-state index contributed by atoms with van der Waals surface area (Å²) in [5.74, 6) is 1.06. The van der Waals surface area contributed by atoms with Gasteiger partial charge in [0.25, 0.3) is 0 Å². The van der Waals surface area contributed by atoms with Gasteiger partial charge in [-0.25, -0.2) is 4.98 Å². The molecule has 17 heavy (non-hydrogen) atoms. The van der Waals surface area contributed by atoms with Crippen LogP contribution in [-0.4, -0.2) is 43.0 Å². The lowest BCUT2D eigenvalue weighted by atomic mass is 10.4. The zero-order chi connectivity index (χ0) is 12.3. The van der Waals surface area contributed by atoms with Crippen molar-refractivity contribution in [2.24, 2.45) is 0 Å². The third-order valence-corrected chi connectivity index (χ3v) is 2.42. The second-order valence-corrected chi connectivity index (χ2v) is 3.82. The van der Waals surface area contributed by atoms with E-state index < -0.39 is 0 Å². The third kappa shape index (κ3) is 5.81. The second kappa shape index (κ2) is 9.15. The molecule has 5 heteroatoms. The smallest absolute Gasteiger partial charge is 0.122 e. The second-order valence-electron chi connectivity index (χ2n) is 3.82. The molecule has 1 N–H and O–H groups in total. The summed E-state index contributed by atoms with van der Waals surface area (Å²) in [5, 5.41) is 3.34. The lowest BCUT2D eigenvalue weighted by molar-refractivity contribution is 0.0663. The van der Waals surface area contributed by atoms with Crippen molar-refractivity contribution in [1.29, 1.82) is 0 Å². The highest BCUT2D eigenvalue weighted by atomic mass is 16.5. The van der Waals surface area contributed by atoms with Gasteiger partial charge in [-0.3, -0.25) is 0 Å². The van der Waals surface area contributed by atoms with Crippen LogP contribution >= 0.6 is 0 Å². The molecule has 0 fully saturated rings. The van der Waals surface area contributed by atoms with Crippen molar-refractivity contribution in [3.63, 3.8) is 0 Å². The first-order valence-corrected chi connectivity index (χ1v) is 6.16.